The van der Waals surface area contributed by atoms with E-state index in [4.69, 9.17) is 20.8 Å². The van der Waals surface area contributed by atoms with Gasteiger partial charge in [-0.05, 0) is 61.0 Å². The van der Waals surface area contributed by atoms with Crippen LogP contribution in [0.1, 0.15) is 5.56 Å². The molecule has 0 saturated carbocycles. The van der Waals surface area contributed by atoms with Gasteiger partial charge in [-0.3, -0.25) is 4.79 Å². The molecule has 4 rings (SSSR count). The molecule has 7 heteroatoms. The van der Waals surface area contributed by atoms with Crippen molar-refractivity contribution in [3.8, 4) is 17.2 Å². The molecule has 0 spiro atoms. The standard InChI is InChI=1S/C23H17ClN2O4/c1-14-11-16(24)9-10-20(14)29-13-21(27)25-17-6-4-5-15(12-17)22-26-19-8-3-2-7-18(19)23(28)30-22/h2-12H,13H2,1H3,(H,25,27). The van der Waals surface area contributed by atoms with Crippen molar-refractivity contribution in [2.24, 2.45) is 0 Å². The lowest BCUT2D eigenvalue weighted by atomic mass is 10.2. The van der Waals surface area contributed by atoms with Crippen molar-refractivity contribution in [3.05, 3.63) is 87.7 Å². The number of fused-ring (bicyclic) bond motifs is 1. The van der Waals surface area contributed by atoms with Gasteiger partial charge in [0.25, 0.3) is 5.91 Å². The Balaban J connectivity index is 1.49. The summed E-state index contributed by atoms with van der Waals surface area (Å²) >= 11 is 5.93. The van der Waals surface area contributed by atoms with Crippen LogP contribution in [0.25, 0.3) is 22.4 Å². The maximum absolute atomic E-state index is 12.3. The Hall–Kier alpha value is -3.64. The summed E-state index contributed by atoms with van der Waals surface area (Å²) in [6.07, 6.45) is 0. The molecule has 1 N–H and O–H groups in total. The first kappa shape index (κ1) is 19.7. The molecule has 1 aromatic heterocycles. The van der Waals surface area contributed by atoms with Crippen molar-refractivity contribution >= 4 is 34.1 Å². The smallest absolute Gasteiger partial charge is 0.347 e. The predicted octanol–water partition coefficient (Wildman–Crippen LogP) is 4.83. The third-order valence-corrected chi connectivity index (χ3v) is 4.66. The van der Waals surface area contributed by atoms with E-state index in [2.05, 4.69) is 10.3 Å². The van der Waals surface area contributed by atoms with Gasteiger partial charge in [0.15, 0.2) is 6.61 Å². The Morgan fingerprint density at radius 2 is 1.93 bits per heavy atom. The van der Waals surface area contributed by atoms with Gasteiger partial charge >= 0.3 is 5.63 Å². The molecule has 4 aromatic rings. The molecule has 0 unspecified atom stereocenters. The van der Waals surface area contributed by atoms with E-state index in [9.17, 15) is 9.59 Å². The van der Waals surface area contributed by atoms with Crippen LogP contribution in [0.5, 0.6) is 5.75 Å². The van der Waals surface area contributed by atoms with Gasteiger partial charge < -0.3 is 14.5 Å². The van der Waals surface area contributed by atoms with Gasteiger partial charge in [-0.15, -0.1) is 0 Å². The van der Waals surface area contributed by atoms with Crippen molar-refractivity contribution in [3.63, 3.8) is 0 Å². The van der Waals surface area contributed by atoms with Crippen molar-refractivity contribution in [2.45, 2.75) is 6.92 Å². The normalized spacial score (nSPS) is 10.7. The summed E-state index contributed by atoms with van der Waals surface area (Å²) in [5.74, 6) is 0.447. The van der Waals surface area contributed by atoms with Crippen molar-refractivity contribution in [1.82, 2.24) is 4.98 Å². The Bertz CT molecular complexity index is 1300. The third kappa shape index (κ3) is 4.34. The SMILES string of the molecule is Cc1cc(Cl)ccc1OCC(=O)Nc1cccc(-c2nc3ccccc3c(=O)o2)c1. The van der Waals surface area contributed by atoms with E-state index in [1.165, 1.54) is 0 Å². The summed E-state index contributed by atoms with van der Waals surface area (Å²) in [5.41, 5.74) is 2.04. The number of anilines is 1. The fourth-order valence-corrected chi connectivity index (χ4v) is 3.21. The monoisotopic (exact) mass is 420 g/mol. The lowest BCUT2D eigenvalue weighted by molar-refractivity contribution is -0.118. The Morgan fingerprint density at radius 3 is 2.77 bits per heavy atom. The summed E-state index contributed by atoms with van der Waals surface area (Å²) in [7, 11) is 0. The van der Waals surface area contributed by atoms with Crippen LogP contribution in [0, 0.1) is 6.92 Å². The van der Waals surface area contributed by atoms with Gasteiger partial charge in [-0.1, -0.05) is 29.8 Å². The minimum Gasteiger partial charge on any atom is -0.483 e. The van der Waals surface area contributed by atoms with E-state index in [0.29, 0.717) is 32.9 Å². The first-order valence-electron chi connectivity index (χ1n) is 9.19. The van der Waals surface area contributed by atoms with E-state index < -0.39 is 5.63 Å². The van der Waals surface area contributed by atoms with E-state index >= 15 is 0 Å². The van der Waals surface area contributed by atoms with Gasteiger partial charge in [0.05, 0.1) is 10.9 Å². The largest absolute Gasteiger partial charge is 0.483 e. The molecule has 0 aliphatic heterocycles. The molecule has 150 valence electrons. The van der Waals surface area contributed by atoms with Crippen molar-refractivity contribution in [1.29, 1.82) is 0 Å². The number of amides is 1. The van der Waals surface area contributed by atoms with Gasteiger partial charge in [0.1, 0.15) is 5.75 Å². The number of para-hydroxylation sites is 1. The van der Waals surface area contributed by atoms with Gasteiger partial charge in [0, 0.05) is 16.3 Å². The fourth-order valence-electron chi connectivity index (χ4n) is 2.99. The van der Waals surface area contributed by atoms with Gasteiger partial charge in [-0.25, -0.2) is 9.78 Å². The molecule has 6 nitrogen and oxygen atoms in total. The van der Waals surface area contributed by atoms with Gasteiger partial charge in [-0.2, -0.15) is 0 Å². The number of nitrogens with zero attached hydrogens (tertiary/aromatic N) is 1. The van der Waals surface area contributed by atoms with Crippen LogP contribution in [0.4, 0.5) is 5.69 Å². The second-order valence-corrected chi connectivity index (χ2v) is 7.09. The second kappa shape index (κ2) is 8.39. The highest BCUT2D eigenvalue weighted by molar-refractivity contribution is 6.30. The highest BCUT2D eigenvalue weighted by Gasteiger charge is 2.10. The zero-order valence-electron chi connectivity index (χ0n) is 16.0. The maximum Gasteiger partial charge on any atom is 0.347 e. The van der Waals surface area contributed by atoms with Crippen LogP contribution in [0.2, 0.25) is 5.02 Å². The zero-order chi connectivity index (χ0) is 21.1. The summed E-state index contributed by atoms with van der Waals surface area (Å²) < 4.78 is 10.9. The van der Waals surface area contributed by atoms with E-state index in [1.54, 1.807) is 66.7 Å². The number of ether oxygens (including phenoxy) is 1. The van der Waals surface area contributed by atoms with Crippen LogP contribution in [0.15, 0.2) is 75.9 Å². The van der Waals surface area contributed by atoms with Crippen LogP contribution >= 0.6 is 11.6 Å². The summed E-state index contributed by atoms with van der Waals surface area (Å²) in [6, 6.07) is 19.1. The zero-order valence-corrected chi connectivity index (χ0v) is 16.8. The number of aromatic nitrogens is 1. The summed E-state index contributed by atoms with van der Waals surface area (Å²) in [4.78, 5) is 28.9. The average molecular weight is 421 g/mol. The van der Waals surface area contributed by atoms with Crippen molar-refractivity contribution < 1.29 is 13.9 Å². The highest BCUT2D eigenvalue weighted by atomic mass is 35.5. The van der Waals surface area contributed by atoms with Crippen LogP contribution < -0.4 is 15.7 Å². The molecule has 3 aromatic carbocycles. The van der Waals surface area contributed by atoms with Crippen molar-refractivity contribution in [2.75, 3.05) is 11.9 Å². The van der Waals surface area contributed by atoms with Crippen LogP contribution in [0.3, 0.4) is 0 Å². The second-order valence-electron chi connectivity index (χ2n) is 6.65. The molecule has 30 heavy (non-hydrogen) atoms. The lowest BCUT2D eigenvalue weighted by Crippen LogP contribution is -2.20. The summed E-state index contributed by atoms with van der Waals surface area (Å²) in [5, 5.41) is 3.79. The van der Waals surface area contributed by atoms with E-state index in [0.717, 1.165) is 5.56 Å². The number of rotatable bonds is 5. The van der Waals surface area contributed by atoms with Gasteiger partial charge in [0.2, 0.25) is 5.89 Å². The van der Waals surface area contributed by atoms with E-state index in [-0.39, 0.29) is 18.4 Å². The lowest BCUT2D eigenvalue weighted by Gasteiger charge is -2.10. The van der Waals surface area contributed by atoms with Crippen LogP contribution in [-0.2, 0) is 4.79 Å². The Kier molecular flexibility index (Phi) is 5.50. The molecule has 0 atom stereocenters. The number of halogens is 1. The average Bonchev–Trinajstić information content (AvgIpc) is 2.73. The fraction of sp³-hybridized carbons (Fsp3) is 0.0870. The number of carbonyl (C=O) groups excluding carboxylic acids is 1. The third-order valence-electron chi connectivity index (χ3n) is 4.42. The molecule has 0 saturated heterocycles. The minimum absolute atomic E-state index is 0.157. The molecular weight excluding hydrogens is 404 g/mol. The number of hydrogen-bond donors (Lipinski definition) is 1. The Labute approximate surface area is 177 Å². The molecule has 0 fully saturated rings. The first-order valence-corrected chi connectivity index (χ1v) is 9.56. The number of carbonyl (C=O) groups is 1. The molecule has 1 heterocycles. The molecule has 0 aliphatic carbocycles. The minimum atomic E-state index is -0.461. The Morgan fingerprint density at radius 1 is 1.10 bits per heavy atom. The molecule has 1 amide bonds. The summed E-state index contributed by atoms with van der Waals surface area (Å²) in [6.45, 7) is 1.70. The number of hydrogen-bond acceptors (Lipinski definition) is 5. The predicted molar refractivity (Wildman–Crippen MR) is 116 cm³/mol. The molecule has 0 bridgehead atoms. The molecular formula is C23H17ClN2O4. The maximum atomic E-state index is 12.3. The topological polar surface area (TPSA) is 81.4 Å². The highest BCUT2D eigenvalue weighted by Crippen LogP contribution is 2.23. The molecule has 0 aliphatic rings. The number of benzene rings is 3. The molecule has 0 radical (unpaired) electrons. The van der Waals surface area contributed by atoms with Crippen LogP contribution in [-0.4, -0.2) is 17.5 Å². The first-order chi connectivity index (χ1) is 14.5. The number of nitrogens with one attached hydrogen (secondary N) is 1. The number of aryl methyl sites for hydroxylation is 1. The quantitative estimate of drug-likeness (QED) is 0.500. The van der Waals surface area contributed by atoms with E-state index in [1.807, 2.05) is 6.92 Å².